The molecular weight excluding hydrogens is 492 g/mol. The summed E-state index contributed by atoms with van der Waals surface area (Å²) in [5, 5.41) is 24.4. The first-order valence-electron chi connectivity index (χ1n) is 12.4. The number of hydrogen-bond acceptors (Lipinski definition) is 9. The standard InChI is InChI=1S/C28H26N10O/c1-28(2,39)23-8-4-7-19(31-23)15-38-16-22(34-36-38)26-27(29)33-25(21-11-13-37(3)35-21)24(32-26)18-9-10-20-17(14-18)6-5-12-30-20/h4-14,16,39H,15H2,1-3H3,(H2,29,33). The maximum atomic E-state index is 10.3. The molecule has 0 bridgehead atoms. The fraction of sp³-hybridized carbons (Fsp3) is 0.179. The second-order valence-electron chi connectivity index (χ2n) is 9.81. The van der Waals surface area contributed by atoms with E-state index in [4.69, 9.17) is 15.7 Å². The fourth-order valence-electron chi connectivity index (χ4n) is 4.34. The summed E-state index contributed by atoms with van der Waals surface area (Å²) in [4.78, 5) is 18.7. The molecule has 194 valence electrons. The van der Waals surface area contributed by atoms with Crippen LogP contribution in [0.4, 0.5) is 5.82 Å². The number of rotatable bonds is 6. The summed E-state index contributed by atoms with van der Waals surface area (Å²) in [5.41, 5.74) is 11.2. The first kappa shape index (κ1) is 24.3. The van der Waals surface area contributed by atoms with E-state index in [-0.39, 0.29) is 5.82 Å². The Morgan fingerprint density at radius 3 is 2.59 bits per heavy atom. The maximum Gasteiger partial charge on any atom is 0.152 e. The molecule has 6 aromatic rings. The minimum Gasteiger partial charge on any atom is -0.384 e. The summed E-state index contributed by atoms with van der Waals surface area (Å²) < 4.78 is 3.36. The average Bonchev–Trinajstić information content (AvgIpc) is 3.57. The predicted molar refractivity (Wildman–Crippen MR) is 147 cm³/mol. The van der Waals surface area contributed by atoms with Crippen LogP contribution < -0.4 is 5.73 Å². The molecule has 11 nitrogen and oxygen atoms in total. The number of aryl methyl sites for hydroxylation is 1. The Hall–Kier alpha value is -5.03. The summed E-state index contributed by atoms with van der Waals surface area (Å²) >= 11 is 0. The monoisotopic (exact) mass is 518 g/mol. The number of aromatic nitrogens is 9. The van der Waals surface area contributed by atoms with Crippen LogP contribution in [0.1, 0.15) is 25.2 Å². The molecule has 0 radical (unpaired) electrons. The van der Waals surface area contributed by atoms with Gasteiger partial charge in [0.2, 0.25) is 0 Å². The van der Waals surface area contributed by atoms with Gasteiger partial charge >= 0.3 is 0 Å². The van der Waals surface area contributed by atoms with Crippen LogP contribution in [0.3, 0.4) is 0 Å². The van der Waals surface area contributed by atoms with Crippen LogP contribution in [0.25, 0.3) is 44.9 Å². The molecule has 5 heterocycles. The van der Waals surface area contributed by atoms with Crippen molar-refractivity contribution >= 4 is 16.7 Å². The van der Waals surface area contributed by atoms with Crippen molar-refractivity contribution in [3.63, 3.8) is 0 Å². The third kappa shape index (κ3) is 4.82. The van der Waals surface area contributed by atoms with Gasteiger partial charge in [0.05, 0.1) is 35.3 Å². The van der Waals surface area contributed by atoms with Crippen LogP contribution in [-0.4, -0.2) is 49.8 Å². The molecule has 1 aromatic carbocycles. The first-order chi connectivity index (χ1) is 18.7. The molecular formula is C28H26N10O. The van der Waals surface area contributed by atoms with E-state index in [1.54, 1.807) is 41.7 Å². The van der Waals surface area contributed by atoms with E-state index < -0.39 is 5.60 Å². The molecule has 39 heavy (non-hydrogen) atoms. The highest BCUT2D eigenvalue weighted by molar-refractivity contribution is 5.88. The van der Waals surface area contributed by atoms with Gasteiger partial charge in [-0.15, -0.1) is 5.10 Å². The Kier molecular flexibility index (Phi) is 5.84. The Balaban J connectivity index is 1.42. The minimum atomic E-state index is -1.04. The highest BCUT2D eigenvalue weighted by atomic mass is 16.3. The van der Waals surface area contributed by atoms with Crippen LogP contribution >= 0.6 is 0 Å². The molecule has 0 saturated carbocycles. The van der Waals surface area contributed by atoms with Gasteiger partial charge in [-0.3, -0.25) is 14.6 Å². The third-order valence-electron chi connectivity index (χ3n) is 6.29. The summed E-state index contributed by atoms with van der Waals surface area (Å²) in [5.74, 6) is 0.219. The van der Waals surface area contributed by atoms with E-state index in [2.05, 4.69) is 25.4 Å². The second kappa shape index (κ2) is 9.37. The van der Waals surface area contributed by atoms with Gasteiger partial charge in [-0.1, -0.05) is 23.4 Å². The molecule has 3 N–H and O–H groups in total. The van der Waals surface area contributed by atoms with Gasteiger partial charge in [0, 0.05) is 30.4 Å². The number of nitrogens with zero attached hydrogens (tertiary/aromatic N) is 9. The van der Waals surface area contributed by atoms with E-state index in [1.165, 1.54) is 0 Å². The zero-order valence-corrected chi connectivity index (χ0v) is 21.7. The SMILES string of the molecule is Cn1ccc(-c2nc(N)c(-c3cn(Cc4cccc(C(C)(C)O)n4)nn3)nc2-c2ccc3ncccc3c2)n1. The summed E-state index contributed by atoms with van der Waals surface area (Å²) in [6.07, 6.45) is 5.37. The highest BCUT2D eigenvalue weighted by Crippen LogP contribution is 2.34. The van der Waals surface area contributed by atoms with Gasteiger partial charge in [-0.05, 0) is 50.2 Å². The molecule has 11 heteroatoms. The molecule has 6 rings (SSSR count). The van der Waals surface area contributed by atoms with Crippen molar-refractivity contribution in [3.8, 4) is 34.0 Å². The average molecular weight is 519 g/mol. The second-order valence-corrected chi connectivity index (χ2v) is 9.81. The normalized spacial score (nSPS) is 11.8. The third-order valence-corrected chi connectivity index (χ3v) is 6.29. The largest absolute Gasteiger partial charge is 0.384 e. The summed E-state index contributed by atoms with van der Waals surface area (Å²) in [6.45, 7) is 3.76. The van der Waals surface area contributed by atoms with Crippen molar-refractivity contribution in [2.24, 2.45) is 7.05 Å². The van der Waals surface area contributed by atoms with Crippen molar-refractivity contribution in [2.45, 2.75) is 26.0 Å². The Labute approximate surface area is 224 Å². The Morgan fingerprint density at radius 1 is 0.923 bits per heavy atom. The van der Waals surface area contributed by atoms with E-state index >= 15 is 0 Å². The molecule has 0 spiro atoms. The van der Waals surface area contributed by atoms with Crippen LogP contribution in [0, 0.1) is 0 Å². The van der Waals surface area contributed by atoms with Gasteiger partial charge < -0.3 is 10.8 Å². The Bertz CT molecular complexity index is 1820. The number of nitrogen functional groups attached to an aromatic ring is 1. The molecule has 0 saturated heterocycles. The lowest BCUT2D eigenvalue weighted by atomic mass is 10.0. The molecule has 0 aliphatic carbocycles. The van der Waals surface area contributed by atoms with Crippen LogP contribution in [0.5, 0.6) is 0 Å². The lowest BCUT2D eigenvalue weighted by Crippen LogP contribution is -2.18. The van der Waals surface area contributed by atoms with Gasteiger partial charge in [-0.25, -0.2) is 14.6 Å². The number of nitrogens with two attached hydrogens (primary N) is 1. The molecule has 0 aliphatic heterocycles. The van der Waals surface area contributed by atoms with Crippen molar-refractivity contribution in [3.05, 3.63) is 84.6 Å². The lowest BCUT2D eigenvalue weighted by molar-refractivity contribution is 0.0736. The van der Waals surface area contributed by atoms with Crippen molar-refractivity contribution in [1.82, 2.24) is 44.7 Å². The quantitative estimate of drug-likeness (QED) is 0.337. The maximum absolute atomic E-state index is 10.3. The van der Waals surface area contributed by atoms with Crippen molar-refractivity contribution < 1.29 is 5.11 Å². The number of fused-ring (bicyclic) bond motifs is 1. The molecule has 0 fully saturated rings. The van der Waals surface area contributed by atoms with Gasteiger partial charge in [0.25, 0.3) is 0 Å². The van der Waals surface area contributed by atoms with Crippen LogP contribution in [0.2, 0.25) is 0 Å². The van der Waals surface area contributed by atoms with Crippen LogP contribution in [0.15, 0.2) is 73.2 Å². The van der Waals surface area contributed by atoms with Crippen molar-refractivity contribution in [2.75, 3.05) is 5.73 Å². The summed E-state index contributed by atoms with van der Waals surface area (Å²) in [7, 11) is 1.85. The lowest BCUT2D eigenvalue weighted by Gasteiger charge is -2.17. The van der Waals surface area contributed by atoms with E-state index in [1.807, 2.05) is 61.8 Å². The Morgan fingerprint density at radius 2 is 1.79 bits per heavy atom. The van der Waals surface area contributed by atoms with Crippen LogP contribution in [-0.2, 0) is 19.2 Å². The van der Waals surface area contributed by atoms with E-state index in [0.29, 0.717) is 40.7 Å². The molecule has 5 aromatic heterocycles. The first-order valence-corrected chi connectivity index (χ1v) is 12.4. The smallest absolute Gasteiger partial charge is 0.152 e. The van der Waals surface area contributed by atoms with Crippen molar-refractivity contribution in [1.29, 1.82) is 0 Å². The topological polar surface area (TPSA) is 146 Å². The number of hydrogen-bond donors (Lipinski definition) is 2. The van der Waals surface area contributed by atoms with Gasteiger partial charge in [0.1, 0.15) is 28.4 Å². The van der Waals surface area contributed by atoms with Gasteiger partial charge in [0.15, 0.2) is 5.82 Å². The van der Waals surface area contributed by atoms with E-state index in [0.717, 1.165) is 22.2 Å². The zero-order valence-electron chi connectivity index (χ0n) is 21.7. The fourth-order valence-corrected chi connectivity index (χ4v) is 4.34. The number of benzene rings is 1. The highest BCUT2D eigenvalue weighted by Gasteiger charge is 2.21. The summed E-state index contributed by atoms with van der Waals surface area (Å²) in [6, 6.07) is 17.2. The molecule has 0 aliphatic rings. The van der Waals surface area contributed by atoms with Gasteiger partial charge in [-0.2, -0.15) is 5.10 Å². The molecule has 0 unspecified atom stereocenters. The molecule has 0 atom stereocenters. The number of anilines is 1. The number of pyridine rings is 2. The molecule has 0 amide bonds. The minimum absolute atomic E-state index is 0.219. The number of aliphatic hydroxyl groups is 1. The van der Waals surface area contributed by atoms with E-state index in [9.17, 15) is 5.11 Å². The predicted octanol–water partition coefficient (Wildman–Crippen LogP) is 3.60. The zero-order chi connectivity index (χ0) is 27.1.